The fourth-order valence-corrected chi connectivity index (χ4v) is 2.67. The summed E-state index contributed by atoms with van der Waals surface area (Å²) in [4.78, 5) is 12.1. The Bertz CT molecular complexity index is 665. The summed E-state index contributed by atoms with van der Waals surface area (Å²) in [7, 11) is 0. The Kier molecular flexibility index (Phi) is 4.20. The molecule has 0 aromatic heterocycles. The largest absolute Gasteiger partial charge is 0.284 e. The van der Waals surface area contributed by atoms with Crippen molar-refractivity contribution >= 4 is 33.4 Å². The Morgan fingerprint density at radius 3 is 2.37 bits per heavy atom. The molecule has 2 rings (SSSR count). The molecular weight excluding hydrogens is 328 g/mol. The molecule has 0 N–H and O–H groups in total. The topological polar surface area (TPSA) is 66.9 Å². The maximum absolute atomic E-state index is 10.8. The molecule has 0 atom stereocenters. The van der Waals surface area contributed by atoms with E-state index >= 15 is 0 Å². The average Bonchev–Trinajstić information content (AvgIpc) is 2.41. The maximum Gasteiger partial charge on any atom is 0.284 e. The van der Waals surface area contributed by atoms with Crippen LogP contribution < -0.4 is 0 Å². The number of nitro groups is 1. The van der Waals surface area contributed by atoms with Crippen molar-refractivity contribution in [2.75, 3.05) is 0 Å². The third kappa shape index (κ3) is 3.34. The van der Waals surface area contributed by atoms with Gasteiger partial charge in [0.2, 0.25) is 0 Å². The van der Waals surface area contributed by atoms with Crippen LogP contribution in [0, 0.1) is 21.4 Å². The first-order valence-electron chi connectivity index (χ1n) is 5.22. The van der Waals surface area contributed by atoms with Gasteiger partial charge in [-0.15, -0.1) is 0 Å². The highest BCUT2D eigenvalue weighted by Crippen LogP contribution is 2.33. The molecule has 0 unspecified atom stereocenters. The summed E-state index contributed by atoms with van der Waals surface area (Å²) in [5.74, 6) is 0. The van der Waals surface area contributed by atoms with Crippen molar-refractivity contribution in [3.05, 3.63) is 62.6 Å². The molecule has 0 aliphatic carbocycles. The first kappa shape index (κ1) is 13.6. The second kappa shape index (κ2) is 5.87. The Hall–Kier alpha value is -1.84. The van der Waals surface area contributed by atoms with E-state index in [0.717, 1.165) is 9.79 Å². The molecule has 0 saturated carbocycles. The monoisotopic (exact) mass is 334 g/mol. The SMILES string of the molecule is N#Cc1ccc(Sc2ccc(Br)c([N+](=O)[O-])c2)cc1. The van der Waals surface area contributed by atoms with Crippen molar-refractivity contribution in [2.45, 2.75) is 9.79 Å². The van der Waals surface area contributed by atoms with Crippen LogP contribution in [0.4, 0.5) is 5.69 Å². The van der Waals surface area contributed by atoms with E-state index in [1.165, 1.54) is 17.8 Å². The van der Waals surface area contributed by atoms with Crippen LogP contribution in [0.1, 0.15) is 5.56 Å². The minimum absolute atomic E-state index is 0.0404. The van der Waals surface area contributed by atoms with Crippen molar-refractivity contribution in [1.29, 1.82) is 5.26 Å². The molecule has 2 aromatic carbocycles. The molecule has 0 saturated heterocycles. The van der Waals surface area contributed by atoms with Gasteiger partial charge in [-0.25, -0.2) is 0 Å². The molecule has 2 aromatic rings. The standard InChI is InChI=1S/C13H7BrN2O2S/c14-12-6-5-11(7-13(12)16(17)18)19-10-3-1-9(8-15)2-4-10/h1-7H. The molecule has 0 radical (unpaired) electrons. The fraction of sp³-hybridized carbons (Fsp3) is 0. The van der Waals surface area contributed by atoms with E-state index in [9.17, 15) is 10.1 Å². The minimum atomic E-state index is -0.424. The molecule has 6 heteroatoms. The van der Waals surface area contributed by atoms with Gasteiger partial charge in [-0.3, -0.25) is 10.1 Å². The number of hydrogen-bond acceptors (Lipinski definition) is 4. The first-order valence-corrected chi connectivity index (χ1v) is 6.83. The molecule has 0 amide bonds. The van der Waals surface area contributed by atoms with Crippen molar-refractivity contribution in [3.8, 4) is 6.07 Å². The third-order valence-corrected chi connectivity index (χ3v) is 4.00. The number of nitro benzene ring substituents is 1. The average molecular weight is 335 g/mol. The van der Waals surface area contributed by atoms with Gasteiger partial charge in [0.15, 0.2) is 0 Å². The lowest BCUT2D eigenvalue weighted by molar-refractivity contribution is -0.385. The van der Waals surface area contributed by atoms with Crippen LogP contribution in [0.25, 0.3) is 0 Å². The number of rotatable bonds is 3. The van der Waals surface area contributed by atoms with E-state index < -0.39 is 4.92 Å². The van der Waals surface area contributed by atoms with Gasteiger partial charge in [-0.1, -0.05) is 11.8 Å². The molecule has 94 valence electrons. The summed E-state index contributed by atoms with van der Waals surface area (Å²) in [6.45, 7) is 0. The van der Waals surface area contributed by atoms with Crippen molar-refractivity contribution in [1.82, 2.24) is 0 Å². The summed E-state index contributed by atoms with van der Waals surface area (Å²) in [5, 5.41) is 19.5. The van der Waals surface area contributed by atoms with Crippen molar-refractivity contribution < 1.29 is 4.92 Å². The van der Waals surface area contributed by atoms with Crippen LogP contribution >= 0.6 is 27.7 Å². The van der Waals surface area contributed by atoms with E-state index in [4.69, 9.17) is 5.26 Å². The van der Waals surface area contributed by atoms with Crippen LogP contribution in [0.3, 0.4) is 0 Å². The van der Waals surface area contributed by atoms with Gasteiger partial charge in [-0.05, 0) is 52.3 Å². The number of hydrogen-bond donors (Lipinski definition) is 0. The highest BCUT2D eigenvalue weighted by molar-refractivity contribution is 9.10. The second-order valence-corrected chi connectivity index (χ2v) is 5.61. The van der Waals surface area contributed by atoms with Crippen LogP contribution in [-0.2, 0) is 0 Å². The number of nitrogens with zero attached hydrogens (tertiary/aromatic N) is 2. The lowest BCUT2D eigenvalue weighted by Gasteiger charge is -2.02. The Morgan fingerprint density at radius 2 is 1.79 bits per heavy atom. The van der Waals surface area contributed by atoms with E-state index in [1.807, 2.05) is 18.2 Å². The molecule has 0 aliphatic rings. The van der Waals surface area contributed by atoms with Gasteiger partial charge < -0.3 is 0 Å². The Labute approximate surface area is 122 Å². The van der Waals surface area contributed by atoms with E-state index in [-0.39, 0.29) is 5.69 Å². The van der Waals surface area contributed by atoms with Gasteiger partial charge >= 0.3 is 0 Å². The van der Waals surface area contributed by atoms with E-state index in [2.05, 4.69) is 15.9 Å². The van der Waals surface area contributed by atoms with Crippen molar-refractivity contribution in [3.63, 3.8) is 0 Å². The zero-order valence-electron chi connectivity index (χ0n) is 9.54. The molecule has 0 spiro atoms. The predicted molar refractivity (Wildman–Crippen MR) is 76.1 cm³/mol. The summed E-state index contributed by atoms with van der Waals surface area (Å²) in [5.41, 5.74) is 0.629. The predicted octanol–water partition coefficient (Wildman–Crippen LogP) is 4.38. The lowest BCUT2D eigenvalue weighted by atomic mass is 10.2. The molecule has 4 nitrogen and oxygen atoms in total. The minimum Gasteiger partial charge on any atom is -0.258 e. The fourth-order valence-electron chi connectivity index (χ4n) is 1.43. The molecule has 0 heterocycles. The third-order valence-electron chi connectivity index (χ3n) is 2.33. The van der Waals surface area contributed by atoms with Gasteiger partial charge in [0, 0.05) is 15.9 Å². The highest BCUT2D eigenvalue weighted by atomic mass is 79.9. The number of benzene rings is 2. The highest BCUT2D eigenvalue weighted by Gasteiger charge is 2.12. The van der Waals surface area contributed by atoms with E-state index in [0.29, 0.717) is 10.0 Å². The van der Waals surface area contributed by atoms with Crippen LogP contribution in [-0.4, -0.2) is 4.92 Å². The molecule has 19 heavy (non-hydrogen) atoms. The quantitative estimate of drug-likeness (QED) is 0.617. The van der Waals surface area contributed by atoms with E-state index in [1.54, 1.807) is 24.3 Å². The molecule has 0 bridgehead atoms. The smallest absolute Gasteiger partial charge is 0.258 e. The lowest BCUT2D eigenvalue weighted by Crippen LogP contribution is -1.89. The maximum atomic E-state index is 10.8. The normalized spacial score (nSPS) is 9.89. The van der Waals surface area contributed by atoms with Gasteiger partial charge in [0.25, 0.3) is 5.69 Å². The van der Waals surface area contributed by atoms with Crippen molar-refractivity contribution in [2.24, 2.45) is 0 Å². The van der Waals surface area contributed by atoms with Gasteiger partial charge in [-0.2, -0.15) is 5.26 Å². The summed E-state index contributed by atoms with van der Waals surface area (Å²) >= 11 is 4.56. The van der Waals surface area contributed by atoms with Crippen LogP contribution in [0.5, 0.6) is 0 Å². The number of halogens is 1. The summed E-state index contributed by atoms with van der Waals surface area (Å²) in [6.07, 6.45) is 0. The van der Waals surface area contributed by atoms with Gasteiger partial charge in [0.1, 0.15) is 0 Å². The molecule has 0 aliphatic heterocycles. The molecular formula is C13H7BrN2O2S. The molecule has 0 fully saturated rings. The summed E-state index contributed by atoms with van der Waals surface area (Å²) < 4.78 is 0.460. The zero-order valence-corrected chi connectivity index (χ0v) is 11.9. The van der Waals surface area contributed by atoms with Crippen LogP contribution in [0.15, 0.2) is 56.7 Å². The Morgan fingerprint density at radius 1 is 1.16 bits per heavy atom. The number of nitriles is 1. The van der Waals surface area contributed by atoms with Gasteiger partial charge in [0.05, 0.1) is 21.0 Å². The first-order chi connectivity index (χ1) is 9.10. The zero-order chi connectivity index (χ0) is 13.8. The Balaban J connectivity index is 2.25. The second-order valence-electron chi connectivity index (χ2n) is 3.61. The summed E-state index contributed by atoms with van der Waals surface area (Å²) in [6, 6.07) is 14.1. The van der Waals surface area contributed by atoms with Crippen LogP contribution in [0.2, 0.25) is 0 Å².